The number of rotatable bonds is 2. The van der Waals surface area contributed by atoms with Crippen molar-refractivity contribution in [2.45, 2.75) is 31.9 Å². The van der Waals surface area contributed by atoms with E-state index in [1.165, 1.54) is 4.88 Å². The number of hydrogen-bond acceptors (Lipinski definition) is 4. The molecule has 1 N–H and O–H groups in total. The van der Waals surface area contributed by atoms with Crippen LogP contribution in [-0.2, 0) is 10.8 Å². The van der Waals surface area contributed by atoms with Crippen LogP contribution < -0.4 is 5.32 Å². The summed E-state index contributed by atoms with van der Waals surface area (Å²) in [5, 5.41) is 2.99. The minimum atomic E-state index is -0.915. The van der Waals surface area contributed by atoms with Crippen LogP contribution in [0.15, 0.2) is 30.5 Å². The van der Waals surface area contributed by atoms with Gasteiger partial charge in [0.15, 0.2) is 0 Å². The molecule has 1 atom stereocenters. The Morgan fingerprint density at radius 3 is 2.84 bits per heavy atom. The average molecular weight is 378 g/mol. The molecular formula is C18H23N3O2S2. The highest BCUT2D eigenvalue weighted by Gasteiger charge is 2.31. The molecule has 3 rings (SSSR count). The zero-order valence-electron chi connectivity index (χ0n) is 14.7. The molecule has 7 heteroatoms. The van der Waals surface area contributed by atoms with Gasteiger partial charge >= 0.3 is 6.03 Å². The maximum absolute atomic E-state index is 12.7. The van der Waals surface area contributed by atoms with Crippen LogP contribution in [0.2, 0.25) is 0 Å². The van der Waals surface area contributed by atoms with Crippen LogP contribution >= 0.6 is 11.3 Å². The number of pyridine rings is 1. The summed E-state index contributed by atoms with van der Waals surface area (Å²) in [6, 6.07) is 7.61. The third kappa shape index (κ3) is 4.10. The van der Waals surface area contributed by atoms with Gasteiger partial charge in [-0.1, -0.05) is 0 Å². The first-order valence-electron chi connectivity index (χ1n) is 8.33. The van der Waals surface area contributed by atoms with Crippen LogP contribution in [0.5, 0.6) is 0 Å². The van der Waals surface area contributed by atoms with Crippen molar-refractivity contribution < 1.29 is 9.00 Å². The second-order valence-electron chi connectivity index (χ2n) is 6.79. The van der Waals surface area contributed by atoms with Gasteiger partial charge in [0.1, 0.15) is 5.69 Å². The molecule has 134 valence electrons. The molecular weight excluding hydrogens is 354 g/mol. The van der Waals surface area contributed by atoms with E-state index < -0.39 is 10.8 Å². The first kappa shape index (κ1) is 18.1. The number of amides is 2. The molecule has 0 aromatic carbocycles. The van der Waals surface area contributed by atoms with E-state index in [1.807, 2.05) is 38.1 Å². The number of anilines is 1. The fourth-order valence-corrected chi connectivity index (χ4v) is 4.90. The van der Waals surface area contributed by atoms with Gasteiger partial charge in [-0.25, -0.2) is 4.79 Å². The molecule has 0 saturated carbocycles. The summed E-state index contributed by atoms with van der Waals surface area (Å²) in [6.45, 7) is 7.17. The van der Waals surface area contributed by atoms with Crippen molar-refractivity contribution in [3.63, 3.8) is 0 Å². The highest BCUT2D eigenvalue weighted by molar-refractivity contribution is 7.86. The summed E-state index contributed by atoms with van der Waals surface area (Å²) in [5.41, 5.74) is 1.49. The van der Waals surface area contributed by atoms with E-state index in [0.29, 0.717) is 24.5 Å². The minimum Gasteiger partial charge on any atom is -0.324 e. The lowest BCUT2D eigenvalue weighted by molar-refractivity contribution is 0.214. The molecule has 0 radical (unpaired) electrons. The molecule has 25 heavy (non-hydrogen) atoms. The molecule has 1 fully saturated rings. The number of urea groups is 1. The van der Waals surface area contributed by atoms with Crippen LogP contribution in [0.25, 0.3) is 10.6 Å². The van der Waals surface area contributed by atoms with Crippen molar-refractivity contribution in [1.29, 1.82) is 0 Å². The van der Waals surface area contributed by atoms with Gasteiger partial charge in [-0.05, 0) is 51.5 Å². The highest BCUT2D eigenvalue weighted by Crippen LogP contribution is 2.31. The maximum atomic E-state index is 12.7. The van der Waals surface area contributed by atoms with Gasteiger partial charge in [0.25, 0.3) is 0 Å². The molecule has 2 aromatic heterocycles. The van der Waals surface area contributed by atoms with Gasteiger partial charge in [0, 0.05) is 45.5 Å². The molecule has 1 aliphatic heterocycles. The number of carbonyl (C=O) groups is 1. The lowest BCUT2D eigenvalue weighted by Crippen LogP contribution is -2.37. The lowest BCUT2D eigenvalue weighted by atomic mass is 10.1. The summed E-state index contributed by atoms with van der Waals surface area (Å²) in [4.78, 5) is 21.2. The summed E-state index contributed by atoms with van der Waals surface area (Å²) in [6.07, 6.45) is 2.47. The van der Waals surface area contributed by atoms with Gasteiger partial charge in [-0.2, -0.15) is 0 Å². The van der Waals surface area contributed by atoms with E-state index in [9.17, 15) is 9.00 Å². The normalized spacial score (nSPS) is 20.1. The standard InChI is InChI=1S/C18H23N3O2S2/c1-13-6-7-15(24-13)16-14(5-4-9-19-16)20-17(22)21-10-8-18(2,3)25(23)12-11-21/h4-7,9H,8,10-12H2,1-3H3,(H,20,22)/t25-/m1/s1. The van der Waals surface area contributed by atoms with Crippen LogP contribution in [0.3, 0.4) is 0 Å². The second-order valence-corrected chi connectivity index (χ2v) is 10.3. The Hall–Kier alpha value is -1.73. The van der Waals surface area contributed by atoms with E-state index in [4.69, 9.17) is 0 Å². The largest absolute Gasteiger partial charge is 0.324 e. The van der Waals surface area contributed by atoms with Crippen molar-refractivity contribution >= 4 is 33.9 Å². The Labute approximate surface area is 154 Å². The average Bonchev–Trinajstić information content (AvgIpc) is 2.95. The van der Waals surface area contributed by atoms with Crippen molar-refractivity contribution in [1.82, 2.24) is 9.88 Å². The summed E-state index contributed by atoms with van der Waals surface area (Å²) in [5.74, 6) is 0.518. The first-order chi connectivity index (χ1) is 11.9. The summed E-state index contributed by atoms with van der Waals surface area (Å²) >= 11 is 1.65. The lowest BCUT2D eigenvalue weighted by Gasteiger charge is -2.23. The molecule has 0 unspecified atom stereocenters. The summed E-state index contributed by atoms with van der Waals surface area (Å²) < 4.78 is 12.0. The Morgan fingerprint density at radius 1 is 1.32 bits per heavy atom. The molecule has 0 aliphatic carbocycles. The highest BCUT2D eigenvalue weighted by atomic mass is 32.2. The fraction of sp³-hybridized carbons (Fsp3) is 0.444. The number of hydrogen-bond donors (Lipinski definition) is 1. The summed E-state index contributed by atoms with van der Waals surface area (Å²) in [7, 11) is -0.915. The second kappa shape index (κ2) is 7.25. The fourth-order valence-electron chi connectivity index (χ4n) is 2.76. The van der Waals surface area contributed by atoms with Crippen molar-refractivity contribution in [2.24, 2.45) is 0 Å². The van der Waals surface area contributed by atoms with Gasteiger partial charge in [-0.3, -0.25) is 9.19 Å². The van der Waals surface area contributed by atoms with E-state index in [0.717, 1.165) is 17.0 Å². The van der Waals surface area contributed by atoms with Crippen LogP contribution in [-0.4, -0.2) is 43.7 Å². The number of carbonyl (C=O) groups excluding carboxylic acids is 1. The number of thiophene rings is 1. The molecule has 0 bridgehead atoms. The molecule has 5 nitrogen and oxygen atoms in total. The molecule has 0 spiro atoms. The van der Waals surface area contributed by atoms with Crippen LogP contribution in [0.4, 0.5) is 10.5 Å². The Morgan fingerprint density at radius 2 is 2.12 bits per heavy atom. The van der Waals surface area contributed by atoms with Crippen molar-refractivity contribution in [3.05, 3.63) is 35.3 Å². The zero-order chi connectivity index (χ0) is 18.0. The van der Waals surface area contributed by atoms with Gasteiger partial charge in [-0.15, -0.1) is 11.3 Å². The smallest absolute Gasteiger partial charge is 0.321 e. The molecule has 2 amide bonds. The predicted octanol–water partition coefficient (Wildman–Crippen LogP) is 3.88. The monoisotopic (exact) mass is 377 g/mol. The van der Waals surface area contributed by atoms with Crippen LogP contribution in [0.1, 0.15) is 25.1 Å². The maximum Gasteiger partial charge on any atom is 0.321 e. The van der Waals surface area contributed by atoms with Crippen molar-refractivity contribution in [2.75, 3.05) is 24.2 Å². The number of nitrogens with zero attached hydrogens (tertiary/aromatic N) is 2. The van der Waals surface area contributed by atoms with Crippen LogP contribution in [0, 0.1) is 6.92 Å². The third-order valence-corrected chi connectivity index (χ3v) is 7.45. The quantitative estimate of drug-likeness (QED) is 0.864. The first-order valence-corrected chi connectivity index (χ1v) is 10.5. The van der Waals surface area contributed by atoms with E-state index in [1.54, 1.807) is 22.4 Å². The topological polar surface area (TPSA) is 62.3 Å². The third-order valence-electron chi connectivity index (χ3n) is 4.46. The SMILES string of the molecule is Cc1ccc(-c2ncccc2NC(=O)N2CC[S@@](=O)C(C)(C)CC2)s1. The molecule has 1 saturated heterocycles. The Balaban J connectivity index is 1.77. The Bertz CT molecular complexity index is 801. The van der Waals surface area contributed by atoms with Gasteiger partial charge in [0.2, 0.25) is 0 Å². The molecule has 3 heterocycles. The van der Waals surface area contributed by atoms with E-state index in [-0.39, 0.29) is 10.8 Å². The van der Waals surface area contributed by atoms with E-state index in [2.05, 4.69) is 17.2 Å². The van der Waals surface area contributed by atoms with Crippen molar-refractivity contribution in [3.8, 4) is 10.6 Å². The minimum absolute atomic E-state index is 0.155. The zero-order valence-corrected chi connectivity index (χ0v) is 16.4. The van der Waals surface area contributed by atoms with Gasteiger partial charge < -0.3 is 10.2 Å². The van der Waals surface area contributed by atoms with E-state index >= 15 is 0 Å². The van der Waals surface area contributed by atoms with Gasteiger partial charge in [0.05, 0.1) is 10.6 Å². The number of nitrogens with one attached hydrogen (secondary N) is 1. The Kier molecular flexibility index (Phi) is 5.24. The molecule has 2 aromatic rings. The number of aromatic nitrogens is 1. The predicted molar refractivity (Wildman–Crippen MR) is 105 cm³/mol. The number of aryl methyl sites for hydroxylation is 1. The molecule has 1 aliphatic rings.